The normalized spacial score (nSPS) is 22.4. The lowest BCUT2D eigenvalue weighted by molar-refractivity contribution is 0.0743. The second-order valence-corrected chi connectivity index (χ2v) is 5.71. The van der Waals surface area contributed by atoms with E-state index in [1.54, 1.807) is 0 Å². The third kappa shape index (κ3) is 2.29. The van der Waals surface area contributed by atoms with Crippen LogP contribution in [0, 0.1) is 5.92 Å². The van der Waals surface area contributed by atoms with Crippen molar-refractivity contribution in [3.8, 4) is 0 Å². The maximum absolute atomic E-state index is 12.6. The monoisotopic (exact) mass is 268 g/mol. The number of hydrogen-bond donors (Lipinski definition) is 1. The van der Waals surface area contributed by atoms with Gasteiger partial charge in [-0.25, -0.2) is 0 Å². The first-order valence-corrected chi connectivity index (χ1v) is 7.19. The number of likely N-dealkylation sites (tertiary alicyclic amines) is 1. The zero-order chi connectivity index (χ0) is 14.1. The molecule has 2 atom stereocenters. The molecule has 0 spiro atoms. The second-order valence-electron chi connectivity index (χ2n) is 5.71. The largest absolute Gasteiger partial charge is 0.336 e. The molecule has 0 aromatic heterocycles. The van der Waals surface area contributed by atoms with Gasteiger partial charge < -0.3 is 10.6 Å². The minimum atomic E-state index is 0.124. The molecule has 2 N–H and O–H groups in total. The topological polar surface area (TPSA) is 46.3 Å². The summed E-state index contributed by atoms with van der Waals surface area (Å²) in [6, 6.07) is 14.3. The van der Waals surface area contributed by atoms with Gasteiger partial charge in [-0.3, -0.25) is 4.79 Å². The molecule has 2 aromatic rings. The Morgan fingerprint density at radius 2 is 2.00 bits per heavy atom. The van der Waals surface area contributed by atoms with Gasteiger partial charge in [0.2, 0.25) is 0 Å². The molecule has 1 aliphatic rings. The highest BCUT2D eigenvalue weighted by Gasteiger charge is 2.31. The van der Waals surface area contributed by atoms with Crippen molar-refractivity contribution >= 4 is 16.7 Å². The van der Waals surface area contributed by atoms with Gasteiger partial charge in [0.15, 0.2) is 0 Å². The summed E-state index contributed by atoms with van der Waals surface area (Å²) in [5.41, 5.74) is 6.51. The molecular formula is C17H20N2O. The van der Waals surface area contributed by atoms with Crippen LogP contribution in [0.15, 0.2) is 42.5 Å². The standard InChI is InChI=1S/C17H20N2O/c1-12-8-13(10-18)11-19(12)17(20)16-7-6-14-4-2-3-5-15(14)9-16/h2-7,9,12-13H,8,10-11,18H2,1H3. The Kier molecular flexibility index (Phi) is 3.45. The summed E-state index contributed by atoms with van der Waals surface area (Å²) < 4.78 is 0. The SMILES string of the molecule is CC1CC(CN)CN1C(=O)c1ccc2ccccc2c1. The van der Waals surface area contributed by atoms with E-state index in [0.29, 0.717) is 12.5 Å². The van der Waals surface area contributed by atoms with Crippen LogP contribution in [-0.4, -0.2) is 29.9 Å². The van der Waals surface area contributed by atoms with Crippen LogP contribution in [-0.2, 0) is 0 Å². The molecule has 1 saturated heterocycles. The second kappa shape index (κ2) is 5.25. The van der Waals surface area contributed by atoms with Gasteiger partial charge in [-0.15, -0.1) is 0 Å². The van der Waals surface area contributed by atoms with E-state index in [0.717, 1.165) is 23.9 Å². The molecule has 2 unspecified atom stereocenters. The maximum atomic E-state index is 12.6. The van der Waals surface area contributed by atoms with Crippen molar-refractivity contribution in [2.24, 2.45) is 11.7 Å². The number of carbonyl (C=O) groups excluding carboxylic acids is 1. The van der Waals surface area contributed by atoms with Gasteiger partial charge >= 0.3 is 0 Å². The Morgan fingerprint density at radius 3 is 2.70 bits per heavy atom. The average Bonchev–Trinajstić information content (AvgIpc) is 2.87. The lowest BCUT2D eigenvalue weighted by atomic mass is 10.1. The highest BCUT2D eigenvalue weighted by molar-refractivity contribution is 5.98. The van der Waals surface area contributed by atoms with E-state index in [1.165, 1.54) is 5.39 Å². The van der Waals surface area contributed by atoms with E-state index in [1.807, 2.05) is 41.3 Å². The lowest BCUT2D eigenvalue weighted by Gasteiger charge is -2.21. The molecule has 3 heteroatoms. The van der Waals surface area contributed by atoms with E-state index in [9.17, 15) is 4.79 Å². The van der Waals surface area contributed by atoms with Gasteiger partial charge in [0, 0.05) is 18.2 Å². The van der Waals surface area contributed by atoms with Gasteiger partial charge in [0.1, 0.15) is 0 Å². The molecule has 2 aromatic carbocycles. The smallest absolute Gasteiger partial charge is 0.254 e. The summed E-state index contributed by atoms with van der Waals surface area (Å²) >= 11 is 0. The molecule has 3 nitrogen and oxygen atoms in total. The van der Waals surface area contributed by atoms with Gasteiger partial charge in [-0.05, 0) is 48.7 Å². The fourth-order valence-electron chi connectivity index (χ4n) is 3.08. The molecule has 0 aliphatic carbocycles. The van der Waals surface area contributed by atoms with E-state index in [2.05, 4.69) is 13.0 Å². The molecule has 1 aliphatic heterocycles. The first-order chi connectivity index (χ1) is 9.69. The Hall–Kier alpha value is -1.87. The quantitative estimate of drug-likeness (QED) is 0.910. The Labute approximate surface area is 119 Å². The van der Waals surface area contributed by atoms with E-state index in [-0.39, 0.29) is 11.9 Å². The third-order valence-corrected chi connectivity index (χ3v) is 4.25. The van der Waals surface area contributed by atoms with Crippen LogP contribution in [0.4, 0.5) is 0 Å². The summed E-state index contributed by atoms with van der Waals surface area (Å²) in [5.74, 6) is 0.564. The Morgan fingerprint density at radius 1 is 1.25 bits per heavy atom. The number of benzene rings is 2. The predicted octanol–water partition coefficient (Wildman–Crippen LogP) is 2.65. The fourth-order valence-corrected chi connectivity index (χ4v) is 3.08. The zero-order valence-electron chi connectivity index (χ0n) is 11.8. The van der Waals surface area contributed by atoms with Crippen LogP contribution in [0.2, 0.25) is 0 Å². The third-order valence-electron chi connectivity index (χ3n) is 4.25. The summed E-state index contributed by atoms with van der Waals surface area (Å²) in [6.07, 6.45) is 1.01. The average molecular weight is 268 g/mol. The number of amides is 1. The lowest BCUT2D eigenvalue weighted by Crippen LogP contribution is -2.34. The van der Waals surface area contributed by atoms with Crippen LogP contribution in [0.1, 0.15) is 23.7 Å². The van der Waals surface area contributed by atoms with E-state index < -0.39 is 0 Å². The highest BCUT2D eigenvalue weighted by Crippen LogP contribution is 2.25. The first-order valence-electron chi connectivity index (χ1n) is 7.19. The van der Waals surface area contributed by atoms with Crippen LogP contribution >= 0.6 is 0 Å². The minimum absolute atomic E-state index is 0.124. The number of nitrogens with two attached hydrogens (primary N) is 1. The van der Waals surface area contributed by atoms with Crippen molar-refractivity contribution in [3.05, 3.63) is 48.0 Å². The van der Waals surface area contributed by atoms with Crippen LogP contribution in [0.3, 0.4) is 0 Å². The van der Waals surface area contributed by atoms with Gasteiger partial charge in [0.05, 0.1) is 0 Å². The van der Waals surface area contributed by atoms with Gasteiger partial charge in [-0.1, -0.05) is 30.3 Å². The predicted molar refractivity (Wildman–Crippen MR) is 81.6 cm³/mol. The first kappa shape index (κ1) is 13.1. The molecule has 0 radical (unpaired) electrons. The number of carbonyl (C=O) groups is 1. The molecule has 0 saturated carbocycles. The summed E-state index contributed by atoms with van der Waals surface area (Å²) in [7, 11) is 0. The molecule has 20 heavy (non-hydrogen) atoms. The van der Waals surface area contributed by atoms with Crippen molar-refractivity contribution in [3.63, 3.8) is 0 Å². The Balaban J connectivity index is 1.89. The molecule has 3 rings (SSSR count). The van der Waals surface area contributed by atoms with Crippen LogP contribution in [0.25, 0.3) is 10.8 Å². The van der Waals surface area contributed by atoms with Crippen molar-refractivity contribution in [2.75, 3.05) is 13.1 Å². The van der Waals surface area contributed by atoms with Crippen molar-refractivity contribution in [2.45, 2.75) is 19.4 Å². The summed E-state index contributed by atoms with van der Waals surface area (Å²) in [5, 5.41) is 2.28. The van der Waals surface area contributed by atoms with Crippen LogP contribution in [0.5, 0.6) is 0 Å². The summed E-state index contributed by atoms with van der Waals surface area (Å²) in [4.78, 5) is 14.6. The van der Waals surface area contributed by atoms with Crippen molar-refractivity contribution < 1.29 is 4.79 Å². The summed E-state index contributed by atoms with van der Waals surface area (Å²) in [6.45, 7) is 3.55. The van der Waals surface area contributed by atoms with E-state index >= 15 is 0 Å². The molecular weight excluding hydrogens is 248 g/mol. The zero-order valence-corrected chi connectivity index (χ0v) is 11.8. The Bertz CT molecular complexity index is 638. The molecule has 1 amide bonds. The molecule has 104 valence electrons. The van der Waals surface area contributed by atoms with E-state index in [4.69, 9.17) is 5.73 Å². The number of nitrogens with zero attached hydrogens (tertiary/aromatic N) is 1. The van der Waals surface area contributed by atoms with Crippen LogP contribution < -0.4 is 5.73 Å². The number of hydrogen-bond acceptors (Lipinski definition) is 2. The molecule has 1 fully saturated rings. The maximum Gasteiger partial charge on any atom is 0.254 e. The number of fused-ring (bicyclic) bond motifs is 1. The molecule has 1 heterocycles. The minimum Gasteiger partial charge on any atom is -0.336 e. The van der Waals surface area contributed by atoms with Gasteiger partial charge in [0.25, 0.3) is 5.91 Å². The molecule has 0 bridgehead atoms. The van der Waals surface area contributed by atoms with Crippen molar-refractivity contribution in [1.82, 2.24) is 4.90 Å². The van der Waals surface area contributed by atoms with Gasteiger partial charge in [-0.2, -0.15) is 0 Å². The highest BCUT2D eigenvalue weighted by atomic mass is 16.2. The number of rotatable bonds is 2. The fraction of sp³-hybridized carbons (Fsp3) is 0.353. The van der Waals surface area contributed by atoms with Crippen molar-refractivity contribution in [1.29, 1.82) is 0 Å².